The van der Waals surface area contributed by atoms with E-state index in [0.29, 0.717) is 5.12 Å². The summed E-state index contributed by atoms with van der Waals surface area (Å²) >= 11 is 0. The average Bonchev–Trinajstić information content (AvgIpc) is 1.69. The highest BCUT2D eigenvalue weighted by Crippen LogP contribution is 2.00. The van der Waals surface area contributed by atoms with E-state index in [1.165, 1.54) is 12.4 Å². The van der Waals surface area contributed by atoms with Crippen LogP contribution in [0.25, 0.3) is 0 Å². The molecule has 0 fully saturated rings. The van der Waals surface area contributed by atoms with Crippen LogP contribution >= 0.6 is 0 Å². The van der Waals surface area contributed by atoms with Gasteiger partial charge >= 0.3 is 0 Å². The maximum absolute atomic E-state index is 11.8. The molecule has 0 aromatic rings. The van der Waals surface area contributed by atoms with Gasteiger partial charge in [-0.2, -0.15) is 5.12 Å². The Kier molecular flexibility index (Phi) is 1.11. The molecule has 1 aliphatic heterocycles. The van der Waals surface area contributed by atoms with Gasteiger partial charge in [0.25, 0.3) is 0 Å². The highest BCUT2D eigenvalue weighted by molar-refractivity contribution is 4.98. The quantitative estimate of drug-likeness (QED) is 0.417. The summed E-state index contributed by atoms with van der Waals surface area (Å²) in [6, 6.07) is 0. The van der Waals surface area contributed by atoms with Gasteiger partial charge in [-0.25, -0.2) is 0 Å². The van der Waals surface area contributed by atoms with E-state index in [1.807, 2.05) is 0 Å². The predicted octanol–water partition coefficient (Wildman–Crippen LogP) is 1.60. The fourth-order valence-corrected chi connectivity index (χ4v) is 0.451. The molecule has 0 atom stereocenters. The zero-order chi connectivity index (χ0) is 5.11. The minimum atomic E-state index is 0.531. The first-order valence-electron chi connectivity index (χ1n) is 2.17. The van der Waals surface area contributed by atoms with E-state index < -0.39 is 0 Å². The Morgan fingerprint density at radius 2 is 1.86 bits per heavy atom. The monoisotopic (exact) mass is 99.0 g/mol. The summed E-state index contributed by atoms with van der Waals surface area (Å²) in [4.78, 5) is 0. The molecule has 0 spiro atoms. The third-order valence-electron chi connectivity index (χ3n) is 0.768. The zero-order valence-corrected chi connectivity index (χ0v) is 3.84. The number of hydrogen-bond donors (Lipinski definition) is 0. The first-order chi connectivity index (χ1) is 3.39. The second-order valence-electron chi connectivity index (χ2n) is 1.35. The fraction of sp³-hybridized carbons (Fsp3) is 0.200. The average molecular weight is 99.1 g/mol. The largest absolute Gasteiger partial charge is 0.195 e. The van der Waals surface area contributed by atoms with Crippen LogP contribution in [0.2, 0.25) is 0 Å². The zero-order valence-electron chi connectivity index (χ0n) is 3.84. The Morgan fingerprint density at radius 3 is 2.14 bits per heavy atom. The maximum Gasteiger partial charge on any atom is 0.0341 e. The van der Waals surface area contributed by atoms with Crippen molar-refractivity contribution in [1.29, 1.82) is 0 Å². The summed E-state index contributed by atoms with van der Waals surface area (Å²) in [7, 11) is 0. The van der Waals surface area contributed by atoms with Crippen LogP contribution in [0.4, 0.5) is 4.48 Å². The molecule has 0 saturated heterocycles. The molecule has 0 amide bonds. The molecule has 0 aromatic carbocycles. The van der Waals surface area contributed by atoms with Crippen molar-refractivity contribution >= 4 is 0 Å². The molecular weight excluding hydrogens is 93.1 g/mol. The smallest absolute Gasteiger partial charge is 0.0341 e. The van der Waals surface area contributed by atoms with Crippen LogP contribution in [-0.4, -0.2) is 5.12 Å². The van der Waals surface area contributed by atoms with Gasteiger partial charge in [0.2, 0.25) is 0 Å². The summed E-state index contributed by atoms with van der Waals surface area (Å²) in [6.45, 7) is 0. The lowest BCUT2D eigenvalue weighted by atomic mass is 10.4. The van der Waals surface area contributed by atoms with Crippen LogP contribution in [0.3, 0.4) is 0 Å². The Morgan fingerprint density at radius 1 is 1.29 bits per heavy atom. The Labute approximate surface area is 41.7 Å². The summed E-state index contributed by atoms with van der Waals surface area (Å²) in [5.41, 5.74) is 0. The number of hydrogen-bond acceptors (Lipinski definition) is 1. The molecule has 0 saturated carbocycles. The lowest BCUT2D eigenvalue weighted by molar-refractivity contribution is 0.156. The summed E-state index contributed by atoms with van der Waals surface area (Å²) in [6.07, 6.45) is 7.13. The van der Waals surface area contributed by atoms with Crippen molar-refractivity contribution in [2.24, 2.45) is 0 Å². The van der Waals surface area contributed by atoms with E-state index in [0.717, 1.165) is 6.42 Å². The fourth-order valence-electron chi connectivity index (χ4n) is 0.451. The standard InChI is InChI=1S/C5H6FN/c6-7-4-2-1-3-5-7/h2-5H,1H2. The maximum atomic E-state index is 11.8. The molecule has 0 aromatic heterocycles. The van der Waals surface area contributed by atoms with Crippen molar-refractivity contribution in [3.63, 3.8) is 0 Å². The van der Waals surface area contributed by atoms with Gasteiger partial charge in [0.05, 0.1) is 0 Å². The molecule has 2 heteroatoms. The molecule has 0 unspecified atom stereocenters. The summed E-state index contributed by atoms with van der Waals surface area (Å²) in [5, 5.41) is 0.531. The second kappa shape index (κ2) is 1.78. The lowest BCUT2D eigenvalue weighted by Crippen LogP contribution is -1.94. The first-order valence-corrected chi connectivity index (χ1v) is 2.17. The molecule has 0 N–H and O–H groups in total. The van der Waals surface area contributed by atoms with Crippen molar-refractivity contribution in [3.8, 4) is 0 Å². The second-order valence-corrected chi connectivity index (χ2v) is 1.35. The van der Waals surface area contributed by atoms with Gasteiger partial charge in [-0.15, -0.1) is 0 Å². The minimum Gasteiger partial charge on any atom is -0.195 e. The van der Waals surface area contributed by atoms with Crippen LogP contribution in [-0.2, 0) is 0 Å². The minimum absolute atomic E-state index is 0.531. The summed E-state index contributed by atoms with van der Waals surface area (Å²) in [5.74, 6) is 0. The van der Waals surface area contributed by atoms with Crippen LogP contribution < -0.4 is 0 Å². The molecule has 1 heterocycles. The third-order valence-corrected chi connectivity index (χ3v) is 0.768. The van der Waals surface area contributed by atoms with Crippen molar-refractivity contribution in [1.82, 2.24) is 5.12 Å². The van der Waals surface area contributed by atoms with Crippen LogP contribution in [0.15, 0.2) is 24.6 Å². The van der Waals surface area contributed by atoms with Gasteiger partial charge in [-0.05, 0) is 6.42 Å². The Balaban J connectivity index is 2.49. The van der Waals surface area contributed by atoms with Gasteiger partial charge in [0, 0.05) is 12.4 Å². The molecule has 1 aliphatic rings. The molecule has 38 valence electrons. The van der Waals surface area contributed by atoms with Crippen molar-refractivity contribution in [3.05, 3.63) is 24.6 Å². The van der Waals surface area contributed by atoms with Gasteiger partial charge in [0.15, 0.2) is 0 Å². The van der Waals surface area contributed by atoms with Gasteiger partial charge in [-0.1, -0.05) is 16.6 Å². The summed E-state index contributed by atoms with van der Waals surface area (Å²) < 4.78 is 11.8. The SMILES string of the molecule is FN1C=CCC=C1. The lowest BCUT2D eigenvalue weighted by Gasteiger charge is -2.02. The first kappa shape index (κ1) is 4.37. The van der Waals surface area contributed by atoms with E-state index in [2.05, 4.69) is 0 Å². The van der Waals surface area contributed by atoms with Gasteiger partial charge < -0.3 is 0 Å². The van der Waals surface area contributed by atoms with Gasteiger partial charge in [-0.3, -0.25) is 0 Å². The highest BCUT2D eigenvalue weighted by Gasteiger charge is 1.88. The van der Waals surface area contributed by atoms with Gasteiger partial charge in [0.1, 0.15) is 0 Å². The molecule has 0 radical (unpaired) electrons. The predicted molar refractivity (Wildman–Crippen MR) is 25.8 cm³/mol. The van der Waals surface area contributed by atoms with Crippen LogP contribution in [0, 0.1) is 0 Å². The molecule has 0 aliphatic carbocycles. The van der Waals surface area contributed by atoms with Crippen LogP contribution in [0.1, 0.15) is 6.42 Å². The molecule has 0 bridgehead atoms. The molecule has 1 rings (SSSR count). The van der Waals surface area contributed by atoms with E-state index in [4.69, 9.17) is 0 Å². The number of rotatable bonds is 0. The van der Waals surface area contributed by atoms with E-state index >= 15 is 0 Å². The van der Waals surface area contributed by atoms with Crippen molar-refractivity contribution < 1.29 is 4.48 Å². The van der Waals surface area contributed by atoms with Crippen molar-refractivity contribution in [2.45, 2.75) is 6.42 Å². The number of halogens is 1. The third kappa shape index (κ3) is 1.03. The van der Waals surface area contributed by atoms with E-state index in [-0.39, 0.29) is 0 Å². The molecular formula is C5H6FN. The highest BCUT2D eigenvalue weighted by atomic mass is 19.2. The Bertz CT molecular complexity index is 94.6. The normalized spacial score (nSPS) is 18.1. The van der Waals surface area contributed by atoms with E-state index in [1.54, 1.807) is 12.2 Å². The topological polar surface area (TPSA) is 3.24 Å². The molecule has 1 nitrogen and oxygen atoms in total. The number of allylic oxidation sites excluding steroid dienone is 2. The van der Waals surface area contributed by atoms with E-state index in [9.17, 15) is 4.48 Å². The molecule has 7 heavy (non-hydrogen) atoms. The van der Waals surface area contributed by atoms with Crippen LogP contribution in [0.5, 0.6) is 0 Å². The van der Waals surface area contributed by atoms with Crippen molar-refractivity contribution in [2.75, 3.05) is 0 Å². The number of nitrogens with zero attached hydrogens (tertiary/aromatic N) is 1. The Hall–Kier alpha value is -0.790.